The van der Waals surface area contributed by atoms with Gasteiger partial charge in [0.15, 0.2) is 11.6 Å². The lowest BCUT2D eigenvalue weighted by Crippen LogP contribution is -2.34. The first-order chi connectivity index (χ1) is 12.7. The van der Waals surface area contributed by atoms with Crippen molar-refractivity contribution in [3.63, 3.8) is 0 Å². The molecule has 136 valence electrons. The molecule has 3 nitrogen and oxygen atoms in total. The molecule has 2 aromatic rings. The average molecular weight is 349 g/mol. The molecule has 2 atom stereocenters. The molecular formula is C23H27NO2. The van der Waals surface area contributed by atoms with E-state index in [-0.39, 0.29) is 17.5 Å². The van der Waals surface area contributed by atoms with E-state index in [0.717, 1.165) is 31.5 Å². The van der Waals surface area contributed by atoms with Crippen molar-refractivity contribution in [3.8, 4) is 0 Å². The van der Waals surface area contributed by atoms with Crippen LogP contribution in [0.15, 0.2) is 60.7 Å². The maximum Gasteiger partial charge on any atom is 0.173 e. The van der Waals surface area contributed by atoms with Crippen molar-refractivity contribution < 1.29 is 9.59 Å². The van der Waals surface area contributed by atoms with Crippen molar-refractivity contribution in [2.24, 2.45) is 11.8 Å². The smallest absolute Gasteiger partial charge is 0.173 e. The topological polar surface area (TPSA) is 46.2 Å². The van der Waals surface area contributed by atoms with Gasteiger partial charge in [-0.15, -0.1) is 0 Å². The summed E-state index contributed by atoms with van der Waals surface area (Å²) in [7, 11) is 0. The lowest BCUT2D eigenvalue weighted by molar-refractivity contribution is -0.123. The molecule has 1 saturated heterocycles. The quantitative estimate of drug-likeness (QED) is 0.600. The third-order valence-corrected chi connectivity index (χ3v) is 5.47. The first kappa shape index (κ1) is 18.5. The number of Topliss-reactive ketones (excluding diaryl/α,β-unsaturated/α-hetero) is 2. The molecule has 1 N–H and O–H groups in total. The number of benzene rings is 2. The number of nitrogens with one attached hydrogen (secondary N) is 1. The predicted molar refractivity (Wildman–Crippen MR) is 104 cm³/mol. The van der Waals surface area contributed by atoms with Crippen molar-refractivity contribution in [2.45, 2.75) is 32.1 Å². The Morgan fingerprint density at radius 3 is 2.15 bits per heavy atom. The molecule has 0 radical (unpaired) electrons. The number of carbonyl (C=O) groups excluding carboxylic acids is 2. The Morgan fingerprint density at radius 1 is 0.962 bits per heavy atom. The minimum absolute atomic E-state index is 0.0306. The molecule has 1 heterocycles. The maximum absolute atomic E-state index is 13.3. The summed E-state index contributed by atoms with van der Waals surface area (Å²) in [5.74, 6) is -0.382. The van der Waals surface area contributed by atoms with Gasteiger partial charge in [-0.3, -0.25) is 9.59 Å². The zero-order valence-electron chi connectivity index (χ0n) is 15.4. The Balaban J connectivity index is 1.83. The van der Waals surface area contributed by atoms with Crippen LogP contribution in [-0.2, 0) is 4.79 Å². The lowest BCUT2D eigenvalue weighted by atomic mass is 9.77. The maximum atomic E-state index is 13.3. The Kier molecular flexibility index (Phi) is 6.35. The van der Waals surface area contributed by atoms with Crippen molar-refractivity contribution in [3.05, 3.63) is 71.8 Å². The minimum Gasteiger partial charge on any atom is -0.317 e. The molecule has 3 rings (SSSR count). The van der Waals surface area contributed by atoms with E-state index in [1.165, 1.54) is 0 Å². The summed E-state index contributed by atoms with van der Waals surface area (Å²) in [6, 6.07) is 19.0. The van der Waals surface area contributed by atoms with E-state index in [4.69, 9.17) is 0 Å². The first-order valence-corrected chi connectivity index (χ1v) is 9.55. The second-order valence-corrected chi connectivity index (χ2v) is 7.25. The second-order valence-electron chi connectivity index (χ2n) is 7.25. The molecule has 3 heteroatoms. The van der Waals surface area contributed by atoms with Gasteiger partial charge in [-0.05, 0) is 43.8 Å². The van der Waals surface area contributed by atoms with E-state index in [0.29, 0.717) is 17.9 Å². The molecule has 0 aromatic heterocycles. The number of hydrogen-bond donors (Lipinski definition) is 1. The van der Waals surface area contributed by atoms with Gasteiger partial charge in [-0.25, -0.2) is 0 Å². The van der Waals surface area contributed by atoms with Gasteiger partial charge in [0.1, 0.15) is 0 Å². The van der Waals surface area contributed by atoms with Crippen LogP contribution >= 0.6 is 0 Å². The Labute approximate surface area is 155 Å². The third kappa shape index (κ3) is 4.47. The highest BCUT2D eigenvalue weighted by Gasteiger charge is 2.33. The minimum atomic E-state index is -0.560. The molecule has 0 aliphatic carbocycles. The molecule has 0 amide bonds. The molecule has 2 aromatic carbocycles. The summed E-state index contributed by atoms with van der Waals surface area (Å²) in [5, 5.41) is 3.36. The molecule has 26 heavy (non-hydrogen) atoms. The summed E-state index contributed by atoms with van der Waals surface area (Å²) in [6.45, 7) is 3.87. The fourth-order valence-electron chi connectivity index (χ4n) is 3.81. The lowest BCUT2D eigenvalue weighted by Gasteiger charge is -2.27. The molecule has 1 aliphatic rings. The predicted octanol–water partition coefficient (Wildman–Crippen LogP) is 4.25. The van der Waals surface area contributed by atoms with Gasteiger partial charge in [0.25, 0.3) is 0 Å². The van der Waals surface area contributed by atoms with Crippen LogP contribution in [0.1, 0.15) is 48.0 Å². The van der Waals surface area contributed by atoms with Gasteiger partial charge in [0.05, 0.1) is 5.92 Å². The van der Waals surface area contributed by atoms with E-state index in [1.54, 1.807) is 0 Å². The molecule has 0 saturated carbocycles. The van der Waals surface area contributed by atoms with Crippen LogP contribution in [0.25, 0.3) is 0 Å². The van der Waals surface area contributed by atoms with Crippen molar-refractivity contribution >= 4 is 11.6 Å². The van der Waals surface area contributed by atoms with Gasteiger partial charge in [-0.2, -0.15) is 0 Å². The highest BCUT2D eigenvalue weighted by Crippen LogP contribution is 2.29. The van der Waals surface area contributed by atoms with Crippen molar-refractivity contribution in [1.82, 2.24) is 5.32 Å². The van der Waals surface area contributed by atoms with E-state index >= 15 is 0 Å². The van der Waals surface area contributed by atoms with E-state index in [1.807, 2.05) is 67.6 Å². The molecule has 1 unspecified atom stereocenters. The summed E-state index contributed by atoms with van der Waals surface area (Å²) >= 11 is 0. The Hall–Kier alpha value is -2.26. The third-order valence-electron chi connectivity index (χ3n) is 5.47. The number of carbonyl (C=O) groups is 2. The highest BCUT2D eigenvalue weighted by molar-refractivity contribution is 6.12. The standard InChI is InChI=1S/C23H27NO2/c1-17(19-8-4-2-5-9-19)22(25)21(16-18-12-14-24-15-13-18)23(26)20-10-6-3-7-11-20/h2-11,17-18,21,24H,12-16H2,1H3/t17-,21?/m0/s1. The number of piperidine rings is 1. The monoisotopic (exact) mass is 349 g/mol. The van der Waals surface area contributed by atoms with Crippen LogP contribution in [0.2, 0.25) is 0 Å². The Bertz CT molecular complexity index is 720. The molecule has 1 fully saturated rings. The van der Waals surface area contributed by atoms with E-state index < -0.39 is 5.92 Å². The van der Waals surface area contributed by atoms with Crippen LogP contribution in [-0.4, -0.2) is 24.7 Å². The Morgan fingerprint density at radius 2 is 1.54 bits per heavy atom. The average Bonchev–Trinajstić information content (AvgIpc) is 2.72. The highest BCUT2D eigenvalue weighted by atomic mass is 16.2. The first-order valence-electron chi connectivity index (χ1n) is 9.55. The molecular weight excluding hydrogens is 322 g/mol. The molecule has 0 spiro atoms. The second kappa shape index (κ2) is 8.91. The van der Waals surface area contributed by atoms with Gasteiger partial charge < -0.3 is 5.32 Å². The van der Waals surface area contributed by atoms with Gasteiger partial charge in [0.2, 0.25) is 0 Å². The normalized spacial score (nSPS) is 17.4. The van der Waals surface area contributed by atoms with Crippen LogP contribution in [0, 0.1) is 11.8 Å². The fraction of sp³-hybridized carbons (Fsp3) is 0.391. The molecule has 1 aliphatic heterocycles. The van der Waals surface area contributed by atoms with Crippen LogP contribution in [0.5, 0.6) is 0 Å². The fourth-order valence-corrected chi connectivity index (χ4v) is 3.81. The van der Waals surface area contributed by atoms with Crippen LogP contribution in [0.3, 0.4) is 0 Å². The van der Waals surface area contributed by atoms with Crippen molar-refractivity contribution in [1.29, 1.82) is 0 Å². The largest absolute Gasteiger partial charge is 0.317 e. The van der Waals surface area contributed by atoms with Gasteiger partial charge in [-0.1, -0.05) is 67.6 Å². The summed E-state index contributed by atoms with van der Waals surface area (Å²) in [4.78, 5) is 26.5. The zero-order chi connectivity index (χ0) is 18.4. The molecule has 0 bridgehead atoms. The van der Waals surface area contributed by atoms with Crippen molar-refractivity contribution in [2.75, 3.05) is 13.1 Å². The van der Waals surface area contributed by atoms with Gasteiger partial charge >= 0.3 is 0 Å². The van der Waals surface area contributed by atoms with E-state index in [2.05, 4.69) is 5.32 Å². The number of rotatable bonds is 7. The summed E-state index contributed by atoms with van der Waals surface area (Å²) in [5.41, 5.74) is 1.62. The number of hydrogen-bond acceptors (Lipinski definition) is 3. The SMILES string of the molecule is C[C@H](C(=O)C(CC1CCNCC1)C(=O)c1ccccc1)c1ccccc1. The van der Waals surface area contributed by atoms with Crippen LogP contribution in [0.4, 0.5) is 0 Å². The number of ketones is 2. The van der Waals surface area contributed by atoms with E-state index in [9.17, 15) is 9.59 Å². The zero-order valence-corrected chi connectivity index (χ0v) is 15.4. The van der Waals surface area contributed by atoms with Gasteiger partial charge in [0, 0.05) is 11.5 Å². The summed E-state index contributed by atoms with van der Waals surface area (Å²) < 4.78 is 0. The summed E-state index contributed by atoms with van der Waals surface area (Å²) in [6.07, 6.45) is 2.72. The van der Waals surface area contributed by atoms with Crippen LogP contribution < -0.4 is 5.32 Å².